The van der Waals surface area contributed by atoms with Gasteiger partial charge in [-0.2, -0.15) is 0 Å². The first-order chi connectivity index (χ1) is 19.5. The highest BCUT2D eigenvalue weighted by atomic mass is 79.9. The van der Waals surface area contributed by atoms with Crippen molar-refractivity contribution in [2.24, 2.45) is 5.41 Å². The van der Waals surface area contributed by atoms with Gasteiger partial charge in [0.1, 0.15) is 12.4 Å². The molecule has 2 heterocycles. The fourth-order valence-electron chi connectivity index (χ4n) is 5.93. The zero-order valence-electron chi connectivity index (χ0n) is 22.2. The number of ether oxygens (including phenoxy) is 2. The van der Waals surface area contributed by atoms with Crippen LogP contribution in [0.4, 0.5) is 10.1 Å². The lowest BCUT2D eigenvalue weighted by Crippen LogP contribution is -2.50. The molecule has 1 spiro atoms. The maximum atomic E-state index is 15.4. The SMILES string of the molecule is O=c1[nH]c(OCc2ccccc2)ccc1-c1c(F)cc(N2CCC3(CC2)CC(OCc2ccccc2)C3)cc1Br. The lowest BCUT2D eigenvalue weighted by atomic mass is 9.61. The van der Waals surface area contributed by atoms with Gasteiger partial charge in [-0.1, -0.05) is 60.7 Å². The maximum Gasteiger partial charge on any atom is 0.258 e. The molecule has 4 aromatic rings. The van der Waals surface area contributed by atoms with Crippen LogP contribution in [-0.2, 0) is 18.0 Å². The van der Waals surface area contributed by atoms with E-state index in [0.29, 0.717) is 35.1 Å². The molecule has 1 saturated heterocycles. The molecule has 6 rings (SSSR count). The highest BCUT2D eigenvalue weighted by Gasteiger charge is 2.46. The smallest absolute Gasteiger partial charge is 0.258 e. The van der Waals surface area contributed by atoms with Crippen LogP contribution in [0.5, 0.6) is 5.88 Å². The lowest BCUT2D eigenvalue weighted by molar-refractivity contribution is -0.0978. The van der Waals surface area contributed by atoms with Crippen LogP contribution in [0.3, 0.4) is 0 Å². The third-order valence-electron chi connectivity index (χ3n) is 8.26. The number of H-pyrrole nitrogens is 1. The topological polar surface area (TPSA) is 54.6 Å². The van der Waals surface area contributed by atoms with Gasteiger partial charge in [0.05, 0.1) is 18.3 Å². The third-order valence-corrected chi connectivity index (χ3v) is 8.88. The molecular formula is C33H32BrFN2O3. The fraction of sp³-hybridized carbons (Fsp3) is 0.303. The Hall–Kier alpha value is -3.42. The number of hydrogen-bond donors (Lipinski definition) is 1. The minimum atomic E-state index is -0.425. The van der Waals surface area contributed by atoms with Gasteiger partial charge in [0.15, 0.2) is 5.88 Å². The van der Waals surface area contributed by atoms with Crippen LogP contribution in [0.25, 0.3) is 11.1 Å². The molecule has 0 bridgehead atoms. The van der Waals surface area contributed by atoms with Crippen molar-refractivity contribution in [1.29, 1.82) is 0 Å². The number of piperidine rings is 1. The summed E-state index contributed by atoms with van der Waals surface area (Å²) in [5.74, 6) is -0.0807. The van der Waals surface area contributed by atoms with Gasteiger partial charge >= 0.3 is 0 Å². The molecule has 0 amide bonds. The Morgan fingerprint density at radius 1 is 0.900 bits per heavy atom. The van der Waals surface area contributed by atoms with Crippen molar-refractivity contribution >= 4 is 21.6 Å². The van der Waals surface area contributed by atoms with Crippen molar-refractivity contribution in [1.82, 2.24) is 4.98 Å². The zero-order valence-corrected chi connectivity index (χ0v) is 23.8. The van der Waals surface area contributed by atoms with Gasteiger partial charge in [0, 0.05) is 28.8 Å². The van der Waals surface area contributed by atoms with Crippen molar-refractivity contribution in [3.63, 3.8) is 0 Å². The number of hydrogen-bond acceptors (Lipinski definition) is 4. The molecule has 0 unspecified atom stereocenters. The van der Waals surface area contributed by atoms with Crippen molar-refractivity contribution in [2.75, 3.05) is 18.0 Å². The van der Waals surface area contributed by atoms with Gasteiger partial charge in [-0.25, -0.2) is 4.39 Å². The van der Waals surface area contributed by atoms with E-state index in [0.717, 1.165) is 50.0 Å². The van der Waals surface area contributed by atoms with E-state index in [1.807, 2.05) is 54.6 Å². The minimum Gasteiger partial charge on any atom is -0.474 e. The molecule has 1 aliphatic heterocycles. The van der Waals surface area contributed by atoms with E-state index in [2.05, 4.69) is 37.9 Å². The Morgan fingerprint density at radius 3 is 2.17 bits per heavy atom. The summed E-state index contributed by atoms with van der Waals surface area (Å²) in [6, 6.07) is 26.8. The number of anilines is 1. The molecule has 0 radical (unpaired) electrons. The molecule has 0 atom stereocenters. The summed E-state index contributed by atoms with van der Waals surface area (Å²) in [5.41, 5.74) is 3.50. The number of aromatic nitrogens is 1. The van der Waals surface area contributed by atoms with E-state index in [-0.39, 0.29) is 11.1 Å². The first kappa shape index (κ1) is 26.8. The molecule has 1 N–H and O–H groups in total. The average Bonchev–Trinajstić information content (AvgIpc) is 2.96. The minimum absolute atomic E-state index is 0.255. The second kappa shape index (κ2) is 11.6. The normalized spacial score (nSPS) is 16.6. The van der Waals surface area contributed by atoms with E-state index in [1.54, 1.807) is 18.2 Å². The predicted molar refractivity (Wildman–Crippen MR) is 159 cm³/mol. The van der Waals surface area contributed by atoms with E-state index >= 15 is 4.39 Å². The van der Waals surface area contributed by atoms with E-state index in [9.17, 15) is 4.79 Å². The molecule has 5 nitrogen and oxygen atoms in total. The van der Waals surface area contributed by atoms with Crippen molar-refractivity contribution < 1.29 is 13.9 Å². The number of halogens is 2. The zero-order chi connectivity index (χ0) is 27.5. The van der Waals surface area contributed by atoms with Gasteiger partial charge in [0.25, 0.3) is 5.56 Å². The van der Waals surface area contributed by atoms with Gasteiger partial charge in [-0.15, -0.1) is 0 Å². The summed E-state index contributed by atoms with van der Waals surface area (Å²) in [7, 11) is 0. The number of aromatic amines is 1. The van der Waals surface area contributed by atoms with Crippen LogP contribution in [0.15, 0.2) is 94.2 Å². The Kier molecular flexibility index (Phi) is 7.76. The molecule has 206 valence electrons. The van der Waals surface area contributed by atoms with Crippen LogP contribution in [0.1, 0.15) is 36.8 Å². The molecule has 40 heavy (non-hydrogen) atoms. The highest BCUT2D eigenvalue weighted by Crippen LogP contribution is 2.51. The highest BCUT2D eigenvalue weighted by molar-refractivity contribution is 9.10. The van der Waals surface area contributed by atoms with Gasteiger partial charge in [0.2, 0.25) is 0 Å². The number of nitrogens with zero attached hydrogens (tertiary/aromatic N) is 1. The van der Waals surface area contributed by atoms with Crippen molar-refractivity contribution in [3.05, 3.63) is 117 Å². The lowest BCUT2D eigenvalue weighted by Gasteiger charge is -2.52. The predicted octanol–water partition coefficient (Wildman–Crippen LogP) is 7.49. The van der Waals surface area contributed by atoms with E-state index in [4.69, 9.17) is 9.47 Å². The van der Waals surface area contributed by atoms with Crippen LogP contribution in [0.2, 0.25) is 0 Å². The Labute approximate surface area is 242 Å². The van der Waals surface area contributed by atoms with Gasteiger partial charge in [-0.3, -0.25) is 9.78 Å². The van der Waals surface area contributed by atoms with Gasteiger partial charge < -0.3 is 14.4 Å². The fourth-order valence-corrected chi connectivity index (χ4v) is 6.57. The number of benzene rings is 3. The monoisotopic (exact) mass is 602 g/mol. The largest absolute Gasteiger partial charge is 0.474 e. The van der Waals surface area contributed by atoms with Crippen molar-refractivity contribution in [3.8, 4) is 17.0 Å². The standard InChI is InChI=1S/C33H32BrFN2O3/c34-28-17-25(37-15-13-33(14-16-37)19-26(20-33)39-21-23-7-3-1-4-8-23)18-29(35)31(28)27-11-12-30(36-32(27)38)40-22-24-9-5-2-6-10-24/h1-12,17-18,26H,13-16,19-22H2,(H,36,38). The summed E-state index contributed by atoms with van der Waals surface area (Å²) in [5, 5.41) is 0. The van der Waals surface area contributed by atoms with Crippen LogP contribution >= 0.6 is 15.9 Å². The second-order valence-electron chi connectivity index (χ2n) is 10.9. The molecule has 2 fully saturated rings. The third kappa shape index (κ3) is 5.86. The summed E-state index contributed by atoms with van der Waals surface area (Å²) in [4.78, 5) is 17.8. The Bertz CT molecular complexity index is 1490. The van der Waals surface area contributed by atoms with E-state index < -0.39 is 11.4 Å². The molecule has 1 aromatic heterocycles. The second-order valence-corrected chi connectivity index (χ2v) is 11.8. The summed E-state index contributed by atoms with van der Waals surface area (Å²) in [6.45, 7) is 2.76. The summed E-state index contributed by atoms with van der Waals surface area (Å²) < 4.78 is 27.9. The van der Waals surface area contributed by atoms with Crippen molar-refractivity contribution in [2.45, 2.75) is 45.0 Å². The Balaban J connectivity index is 1.06. The molecule has 1 saturated carbocycles. The van der Waals surface area contributed by atoms with Crippen LogP contribution < -0.4 is 15.2 Å². The van der Waals surface area contributed by atoms with Crippen LogP contribution in [0, 0.1) is 11.2 Å². The molecule has 7 heteroatoms. The summed E-state index contributed by atoms with van der Waals surface area (Å²) >= 11 is 3.54. The first-order valence-corrected chi connectivity index (χ1v) is 14.6. The first-order valence-electron chi connectivity index (χ1n) is 13.8. The maximum absolute atomic E-state index is 15.4. The molecule has 1 aliphatic carbocycles. The number of nitrogens with one attached hydrogen (secondary N) is 1. The van der Waals surface area contributed by atoms with E-state index in [1.165, 1.54) is 5.56 Å². The number of rotatable bonds is 8. The Morgan fingerprint density at radius 2 is 1.55 bits per heavy atom. The quantitative estimate of drug-likeness (QED) is 0.227. The van der Waals surface area contributed by atoms with Gasteiger partial charge in [-0.05, 0) is 82.4 Å². The molecule has 3 aromatic carbocycles. The van der Waals surface area contributed by atoms with Crippen LogP contribution in [-0.4, -0.2) is 24.2 Å². The number of pyridine rings is 1. The molecular weight excluding hydrogens is 571 g/mol. The summed E-state index contributed by atoms with van der Waals surface area (Å²) in [6.07, 6.45) is 4.66. The molecule has 2 aliphatic rings. The average molecular weight is 604 g/mol.